The summed E-state index contributed by atoms with van der Waals surface area (Å²) >= 11 is 10.7. The van der Waals surface area contributed by atoms with Crippen molar-refractivity contribution in [2.24, 2.45) is 5.10 Å². The molecule has 2 aromatic carbocycles. The molecule has 212 valence electrons. The van der Waals surface area contributed by atoms with E-state index in [0.29, 0.717) is 69.0 Å². The van der Waals surface area contributed by atoms with Gasteiger partial charge in [0.1, 0.15) is 5.82 Å². The number of morpholine rings is 1. The van der Waals surface area contributed by atoms with Crippen LogP contribution in [0.5, 0.6) is 11.5 Å². The number of hydrogen-bond donors (Lipinski definition) is 0. The lowest BCUT2D eigenvalue weighted by Gasteiger charge is -2.27. The van der Waals surface area contributed by atoms with Crippen molar-refractivity contribution in [1.29, 1.82) is 0 Å². The van der Waals surface area contributed by atoms with E-state index in [0.717, 1.165) is 30.2 Å². The molecule has 1 saturated heterocycles. The molecule has 1 aromatic heterocycles. The van der Waals surface area contributed by atoms with Gasteiger partial charge >= 0.3 is 0 Å². The largest absolute Gasteiger partial charge is 0.493 e. The van der Waals surface area contributed by atoms with E-state index < -0.39 is 0 Å². The van der Waals surface area contributed by atoms with Crippen LogP contribution < -0.4 is 15.0 Å². The van der Waals surface area contributed by atoms with Crippen LogP contribution in [0, 0.1) is 0 Å². The number of nitrogens with zero attached hydrogens (tertiary/aromatic N) is 4. The fraction of sp³-hybridized carbons (Fsp3) is 0.429. The van der Waals surface area contributed by atoms with Crippen molar-refractivity contribution < 1.29 is 19.0 Å². The summed E-state index contributed by atoms with van der Waals surface area (Å²) in [5.74, 6) is 1.54. The maximum Gasteiger partial charge on any atom is 0.282 e. The van der Waals surface area contributed by atoms with Gasteiger partial charge in [-0.2, -0.15) is 9.78 Å². The van der Waals surface area contributed by atoms with E-state index in [-0.39, 0.29) is 24.0 Å². The summed E-state index contributed by atoms with van der Waals surface area (Å²) in [5.41, 5.74) is 1.11. The first-order chi connectivity index (χ1) is 19.4. The highest BCUT2D eigenvalue weighted by molar-refractivity contribution is 9.13. The van der Waals surface area contributed by atoms with Crippen molar-refractivity contribution in [3.05, 3.63) is 59.4 Å². The van der Waals surface area contributed by atoms with E-state index in [1.807, 2.05) is 12.1 Å². The molecule has 2 aliphatic rings. The highest BCUT2D eigenvalue weighted by Gasteiger charge is 2.24. The van der Waals surface area contributed by atoms with Crippen molar-refractivity contribution >= 4 is 70.8 Å². The van der Waals surface area contributed by atoms with Gasteiger partial charge in [0, 0.05) is 33.5 Å². The predicted octanol–water partition coefficient (Wildman–Crippen LogP) is 5.86. The standard InChI is InChI=1S/C28H29Br3N4O5/c1-38-22-13-18(24(30)25(31)26(22)40-16-23(36)34-9-11-39-12-10-34)15-32-35-27(17-5-3-2-4-6-17)33-21-8-7-19(29)14-20(21)28(35)37/h7-8,13-15,17H,2-6,9-12,16H2,1H3. The molecule has 0 radical (unpaired) electrons. The van der Waals surface area contributed by atoms with Crippen molar-refractivity contribution in [1.82, 2.24) is 14.6 Å². The monoisotopic (exact) mass is 738 g/mol. The second-order valence-electron chi connectivity index (χ2n) is 9.73. The summed E-state index contributed by atoms with van der Waals surface area (Å²) in [6.07, 6.45) is 6.96. The van der Waals surface area contributed by atoms with E-state index in [4.69, 9.17) is 19.2 Å². The molecule has 0 bridgehead atoms. The van der Waals surface area contributed by atoms with E-state index in [1.54, 1.807) is 23.2 Å². The quantitative estimate of drug-likeness (QED) is 0.282. The first-order valence-electron chi connectivity index (χ1n) is 13.2. The van der Waals surface area contributed by atoms with Crippen LogP contribution >= 0.6 is 47.8 Å². The fourth-order valence-electron chi connectivity index (χ4n) is 5.05. The normalized spacial score (nSPS) is 16.6. The number of methoxy groups -OCH3 is 1. The second kappa shape index (κ2) is 13.1. The predicted molar refractivity (Wildman–Crippen MR) is 164 cm³/mol. The third-order valence-electron chi connectivity index (χ3n) is 7.20. The first kappa shape index (κ1) is 29.2. The van der Waals surface area contributed by atoms with Gasteiger partial charge in [0.15, 0.2) is 18.1 Å². The molecule has 0 unspecified atom stereocenters. The number of fused-ring (bicyclic) bond motifs is 1. The Balaban J connectivity index is 1.48. The topological polar surface area (TPSA) is 95.2 Å². The van der Waals surface area contributed by atoms with Crippen molar-refractivity contribution in [3.8, 4) is 11.5 Å². The molecule has 2 fully saturated rings. The highest BCUT2D eigenvalue weighted by atomic mass is 79.9. The lowest BCUT2D eigenvalue weighted by Crippen LogP contribution is -2.43. The zero-order chi connectivity index (χ0) is 28.2. The van der Waals surface area contributed by atoms with Crippen LogP contribution in [0.25, 0.3) is 10.9 Å². The van der Waals surface area contributed by atoms with Gasteiger partial charge in [-0.05, 0) is 69.0 Å². The van der Waals surface area contributed by atoms with Crippen LogP contribution in [0.4, 0.5) is 0 Å². The number of aromatic nitrogens is 2. The Morgan fingerprint density at radius 1 is 1.12 bits per heavy atom. The first-order valence-corrected chi connectivity index (χ1v) is 15.6. The van der Waals surface area contributed by atoms with Gasteiger partial charge in [-0.1, -0.05) is 35.2 Å². The number of amides is 1. The van der Waals surface area contributed by atoms with Gasteiger partial charge in [-0.25, -0.2) is 4.98 Å². The van der Waals surface area contributed by atoms with Gasteiger partial charge in [0.05, 0.1) is 41.9 Å². The Morgan fingerprint density at radius 2 is 1.88 bits per heavy atom. The molecule has 1 amide bonds. The zero-order valence-electron chi connectivity index (χ0n) is 22.0. The lowest BCUT2D eigenvalue weighted by molar-refractivity contribution is -0.137. The Hall–Kier alpha value is -2.28. The molecule has 1 saturated carbocycles. The van der Waals surface area contributed by atoms with Crippen molar-refractivity contribution in [2.45, 2.75) is 38.0 Å². The smallest absolute Gasteiger partial charge is 0.282 e. The van der Waals surface area contributed by atoms with Gasteiger partial charge in [0.2, 0.25) is 0 Å². The van der Waals surface area contributed by atoms with Crippen LogP contribution in [-0.4, -0.2) is 66.7 Å². The average molecular weight is 741 g/mol. The molecule has 0 spiro atoms. The molecule has 2 heterocycles. The van der Waals surface area contributed by atoms with Crippen molar-refractivity contribution in [2.75, 3.05) is 40.0 Å². The van der Waals surface area contributed by atoms with Crippen molar-refractivity contribution in [3.63, 3.8) is 0 Å². The molecular formula is C28H29Br3N4O5. The molecule has 5 rings (SSSR count). The SMILES string of the molecule is COc1cc(C=Nn2c(C3CCCCC3)nc3ccc(Br)cc3c2=O)c(Br)c(Br)c1OCC(=O)N1CCOCC1. The summed E-state index contributed by atoms with van der Waals surface area (Å²) in [7, 11) is 1.53. The molecule has 40 heavy (non-hydrogen) atoms. The number of hydrogen-bond acceptors (Lipinski definition) is 7. The van der Waals surface area contributed by atoms with E-state index >= 15 is 0 Å². The minimum Gasteiger partial charge on any atom is -0.493 e. The third kappa shape index (κ3) is 6.29. The fourth-order valence-corrected chi connectivity index (χ4v) is 6.34. The Kier molecular flexibility index (Phi) is 9.60. The third-order valence-corrected chi connectivity index (χ3v) is 9.83. The highest BCUT2D eigenvalue weighted by Crippen LogP contribution is 2.42. The molecular weight excluding hydrogens is 712 g/mol. The Bertz CT molecular complexity index is 1500. The minimum atomic E-state index is -0.216. The van der Waals surface area contributed by atoms with Gasteiger partial charge in [-0.15, -0.1) is 0 Å². The molecule has 1 aliphatic carbocycles. The van der Waals surface area contributed by atoms with Crippen LogP contribution in [0.2, 0.25) is 0 Å². The number of ether oxygens (including phenoxy) is 3. The number of rotatable bonds is 7. The number of carbonyl (C=O) groups excluding carboxylic acids is 1. The lowest BCUT2D eigenvalue weighted by atomic mass is 9.88. The maximum atomic E-state index is 13.7. The summed E-state index contributed by atoms with van der Waals surface area (Å²) in [6.45, 7) is 2.00. The van der Waals surface area contributed by atoms with Crippen LogP contribution in [-0.2, 0) is 9.53 Å². The zero-order valence-corrected chi connectivity index (χ0v) is 26.8. The summed E-state index contributed by atoms with van der Waals surface area (Å²) in [4.78, 5) is 32.9. The minimum absolute atomic E-state index is 0.121. The Morgan fingerprint density at radius 3 is 2.60 bits per heavy atom. The molecule has 3 aromatic rings. The van der Waals surface area contributed by atoms with E-state index in [2.05, 4.69) is 52.9 Å². The van der Waals surface area contributed by atoms with Crippen LogP contribution in [0.15, 0.2) is 47.6 Å². The molecule has 0 N–H and O–H groups in total. The summed E-state index contributed by atoms with van der Waals surface area (Å²) < 4.78 is 20.3. The number of benzene rings is 2. The van der Waals surface area contributed by atoms with Gasteiger partial charge in [-0.3, -0.25) is 9.59 Å². The van der Waals surface area contributed by atoms with Gasteiger partial charge < -0.3 is 19.1 Å². The van der Waals surface area contributed by atoms with Gasteiger partial charge in [0.25, 0.3) is 11.5 Å². The molecule has 1 aliphatic heterocycles. The summed E-state index contributed by atoms with van der Waals surface area (Å²) in [6, 6.07) is 7.29. The number of halogens is 3. The second-order valence-corrected chi connectivity index (χ2v) is 12.2. The number of carbonyl (C=O) groups is 1. The maximum absolute atomic E-state index is 13.7. The average Bonchev–Trinajstić information content (AvgIpc) is 2.99. The van der Waals surface area contributed by atoms with Crippen LogP contribution in [0.3, 0.4) is 0 Å². The van der Waals surface area contributed by atoms with Crippen LogP contribution in [0.1, 0.15) is 49.4 Å². The molecule has 0 atom stereocenters. The molecule has 12 heteroatoms. The van der Waals surface area contributed by atoms with E-state index in [1.165, 1.54) is 18.2 Å². The van der Waals surface area contributed by atoms with E-state index in [9.17, 15) is 9.59 Å². The Labute approximate surface area is 257 Å². The summed E-state index contributed by atoms with van der Waals surface area (Å²) in [5, 5.41) is 5.15. The molecule has 9 nitrogen and oxygen atoms in total.